The number of amidine groups is 1. The molecule has 14 heteroatoms. The summed E-state index contributed by atoms with van der Waals surface area (Å²) in [6.07, 6.45) is -9.14. The molecule has 2 rings (SSSR count). The molecule has 0 amide bonds. The maximum absolute atomic E-state index is 12.2. The van der Waals surface area contributed by atoms with E-state index in [9.17, 15) is 31.1 Å². The van der Waals surface area contributed by atoms with Crippen LogP contribution in [0, 0.1) is 5.41 Å². The molecule has 3 N–H and O–H groups in total. The Hall–Kier alpha value is -2.22. The molecule has 0 radical (unpaired) electrons. The highest BCUT2D eigenvalue weighted by atomic mass is 32.1. The molecular weight excluding hydrogens is 410 g/mol. The second-order valence-corrected chi connectivity index (χ2v) is 5.90. The SMILES string of the molecule is CCOC(=O)c1scnc1C(F)(F)F.N=C(N)c1scnc1C(F)(F)F. The van der Waals surface area contributed by atoms with Crippen molar-refractivity contribution in [3.63, 3.8) is 0 Å². The lowest BCUT2D eigenvalue weighted by molar-refractivity contribution is -0.141. The Morgan fingerprint density at radius 1 is 1.08 bits per heavy atom. The number of ether oxygens (including phenoxy) is 1. The summed E-state index contributed by atoms with van der Waals surface area (Å²) in [6.45, 7) is 1.56. The van der Waals surface area contributed by atoms with Gasteiger partial charge < -0.3 is 10.5 Å². The predicted molar refractivity (Wildman–Crippen MR) is 81.2 cm³/mol. The van der Waals surface area contributed by atoms with E-state index in [4.69, 9.17) is 11.1 Å². The van der Waals surface area contributed by atoms with Gasteiger partial charge in [0.05, 0.1) is 17.6 Å². The smallest absolute Gasteiger partial charge is 0.435 e. The van der Waals surface area contributed by atoms with E-state index >= 15 is 0 Å². The van der Waals surface area contributed by atoms with Gasteiger partial charge in [0.1, 0.15) is 15.6 Å². The van der Waals surface area contributed by atoms with Crippen LogP contribution in [-0.2, 0) is 17.1 Å². The number of hydrogen-bond acceptors (Lipinski definition) is 7. The molecule has 2 aromatic rings. The number of esters is 1. The molecule has 0 spiro atoms. The summed E-state index contributed by atoms with van der Waals surface area (Å²) in [7, 11) is 0. The molecule has 2 aromatic heterocycles. The Bertz CT molecular complexity index is 768. The minimum absolute atomic E-state index is 0.0357. The third-order valence-corrected chi connectivity index (χ3v) is 4.04. The molecule has 0 saturated carbocycles. The summed E-state index contributed by atoms with van der Waals surface area (Å²) in [5.74, 6) is -1.59. The average molecular weight is 420 g/mol. The predicted octanol–water partition coefficient (Wildman–Crippen LogP) is 3.78. The Labute approximate surface area is 150 Å². The number of carbonyl (C=O) groups is 1. The second-order valence-electron chi connectivity index (χ2n) is 4.19. The molecule has 6 nitrogen and oxygen atoms in total. The van der Waals surface area contributed by atoms with Crippen LogP contribution in [0.15, 0.2) is 11.0 Å². The number of alkyl halides is 6. The fourth-order valence-electron chi connectivity index (χ4n) is 1.43. The van der Waals surface area contributed by atoms with Crippen molar-refractivity contribution in [1.82, 2.24) is 9.97 Å². The van der Waals surface area contributed by atoms with Gasteiger partial charge in [-0.15, -0.1) is 22.7 Å². The maximum atomic E-state index is 12.2. The van der Waals surface area contributed by atoms with Crippen molar-refractivity contribution in [2.24, 2.45) is 5.73 Å². The van der Waals surface area contributed by atoms with Crippen LogP contribution in [-0.4, -0.2) is 28.4 Å². The summed E-state index contributed by atoms with van der Waals surface area (Å²) in [6, 6.07) is 0. The third kappa shape index (κ3) is 5.66. The largest absolute Gasteiger partial charge is 0.462 e. The molecule has 0 atom stereocenters. The zero-order valence-electron chi connectivity index (χ0n) is 12.7. The Kier molecular flexibility index (Phi) is 7.08. The van der Waals surface area contributed by atoms with Crippen LogP contribution in [0.1, 0.15) is 32.9 Å². The summed E-state index contributed by atoms with van der Waals surface area (Å²) in [5, 5.41) is 6.82. The number of nitrogens with two attached hydrogens (primary N) is 1. The van der Waals surface area contributed by atoms with Crippen LogP contribution in [0.25, 0.3) is 0 Å². The van der Waals surface area contributed by atoms with Crippen LogP contribution in [0.2, 0.25) is 0 Å². The van der Waals surface area contributed by atoms with Crippen molar-refractivity contribution in [2.75, 3.05) is 6.61 Å². The molecule has 0 aliphatic heterocycles. The molecule has 144 valence electrons. The van der Waals surface area contributed by atoms with Crippen LogP contribution < -0.4 is 5.73 Å². The number of halogens is 6. The molecule has 26 heavy (non-hydrogen) atoms. The number of nitrogens with zero attached hydrogens (tertiary/aromatic N) is 2. The third-order valence-electron chi connectivity index (χ3n) is 2.38. The summed E-state index contributed by atoms with van der Waals surface area (Å²) < 4.78 is 77.2. The highest BCUT2D eigenvalue weighted by Crippen LogP contribution is 2.33. The van der Waals surface area contributed by atoms with Gasteiger partial charge in [-0.25, -0.2) is 14.8 Å². The number of rotatable bonds is 3. The first-order valence-corrected chi connectivity index (χ1v) is 8.18. The van der Waals surface area contributed by atoms with E-state index in [1.165, 1.54) is 6.92 Å². The van der Waals surface area contributed by atoms with Crippen LogP contribution in [0.4, 0.5) is 26.3 Å². The van der Waals surface area contributed by atoms with Gasteiger partial charge in [-0.1, -0.05) is 0 Å². The summed E-state index contributed by atoms with van der Waals surface area (Å²) >= 11 is 1.32. The van der Waals surface area contributed by atoms with E-state index in [1.807, 2.05) is 0 Å². The molecule has 0 unspecified atom stereocenters. The fraction of sp³-hybridized carbons (Fsp3) is 0.333. The number of hydrogen-bond donors (Lipinski definition) is 2. The zero-order chi connectivity index (χ0) is 20.1. The first-order chi connectivity index (χ1) is 11.9. The molecular formula is C12H10F6N4O2S2. The van der Waals surface area contributed by atoms with E-state index in [1.54, 1.807) is 0 Å². The van der Waals surface area contributed by atoms with Crippen LogP contribution in [0.5, 0.6) is 0 Å². The minimum atomic E-state index is -4.61. The molecule has 0 fully saturated rings. The van der Waals surface area contributed by atoms with Gasteiger partial charge in [0.15, 0.2) is 11.4 Å². The Balaban J connectivity index is 0.000000263. The topological polar surface area (TPSA) is 102 Å². The van der Waals surface area contributed by atoms with Crippen LogP contribution in [0.3, 0.4) is 0 Å². The van der Waals surface area contributed by atoms with Crippen molar-refractivity contribution < 1.29 is 35.9 Å². The van der Waals surface area contributed by atoms with Crippen molar-refractivity contribution in [2.45, 2.75) is 19.3 Å². The Morgan fingerprint density at radius 3 is 1.85 bits per heavy atom. The fourth-order valence-corrected chi connectivity index (χ4v) is 2.80. The summed E-state index contributed by atoms with van der Waals surface area (Å²) in [5.41, 5.74) is 4.63. The average Bonchev–Trinajstić information content (AvgIpc) is 3.16. The van der Waals surface area contributed by atoms with E-state index in [-0.39, 0.29) is 11.5 Å². The van der Waals surface area contributed by atoms with Crippen molar-refractivity contribution >= 4 is 34.5 Å². The maximum Gasteiger partial charge on any atom is 0.435 e. The minimum Gasteiger partial charge on any atom is -0.462 e. The lowest BCUT2D eigenvalue weighted by Crippen LogP contribution is -2.16. The van der Waals surface area contributed by atoms with Gasteiger partial charge in [0.2, 0.25) is 0 Å². The molecule has 2 heterocycles. The number of thiazole rings is 2. The van der Waals surface area contributed by atoms with Crippen molar-refractivity contribution in [3.05, 3.63) is 32.2 Å². The lowest BCUT2D eigenvalue weighted by atomic mass is 10.3. The monoisotopic (exact) mass is 420 g/mol. The first kappa shape index (κ1) is 21.8. The number of nitrogen functional groups attached to an aromatic ring is 1. The number of nitrogens with one attached hydrogen (secondary N) is 1. The van der Waals surface area contributed by atoms with Gasteiger partial charge >= 0.3 is 18.3 Å². The van der Waals surface area contributed by atoms with E-state index in [2.05, 4.69) is 14.7 Å². The highest BCUT2D eigenvalue weighted by Gasteiger charge is 2.39. The normalized spacial score (nSPS) is 11.5. The second kappa shape index (κ2) is 8.44. The van der Waals surface area contributed by atoms with E-state index in [0.717, 1.165) is 11.0 Å². The molecule has 0 aliphatic rings. The summed E-state index contributed by atoms with van der Waals surface area (Å²) in [4.78, 5) is 16.4. The van der Waals surface area contributed by atoms with Crippen molar-refractivity contribution in [3.8, 4) is 0 Å². The molecule has 0 bridgehead atoms. The molecule has 0 aliphatic carbocycles. The van der Waals surface area contributed by atoms with Crippen LogP contribution >= 0.6 is 22.7 Å². The zero-order valence-corrected chi connectivity index (χ0v) is 14.4. The highest BCUT2D eigenvalue weighted by molar-refractivity contribution is 7.12. The van der Waals surface area contributed by atoms with Gasteiger partial charge in [-0.3, -0.25) is 5.41 Å². The van der Waals surface area contributed by atoms with E-state index < -0.39 is 40.4 Å². The van der Waals surface area contributed by atoms with E-state index in [0.29, 0.717) is 22.7 Å². The van der Waals surface area contributed by atoms with Gasteiger partial charge in [-0.05, 0) is 6.92 Å². The van der Waals surface area contributed by atoms with Gasteiger partial charge in [0, 0.05) is 0 Å². The van der Waals surface area contributed by atoms with Crippen molar-refractivity contribution in [1.29, 1.82) is 5.41 Å². The Morgan fingerprint density at radius 2 is 1.50 bits per heavy atom. The standard InChI is InChI=1S/C7H6F3NO2S.C5H4F3N3S/c1-2-13-6(12)4-5(7(8,9)10)11-3-14-4;6-5(7,8)3-2(4(9)10)12-1-11-3/h3H,2H2,1H3;1H,(H3,9,10). The lowest BCUT2D eigenvalue weighted by Gasteiger charge is -2.05. The van der Waals surface area contributed by atoms with Gasteiger partial charge in [0.25, 0.3) is 0 Å². The number of aromatic nitrogens is 2. The van der Waals surface area contributed by atoms with Gasteiger partial charge in [-0.2, -0.15) is 26.3 Å². The first-order valence-electron chi connectivity index (χ1n) is 6.42. The quantitative estimate of drug-likeness (QED) is 0.341. The molecule has 0 saturated heterocycles. The number of carbonyl (C=O) groups excluding carboxylic acids is 1. The molecule has 0 aromatic carbocycles.